The second kappa shape index (κ2) is 5.26. The summed E-state index contributed by atoms with van der Waals surface area (Å²) >= 11 is 0. The molecule has 0 radical (unpaired) electrons. The van der Waals surface area contributed by atoms with Gasteiger partial charge in [-0.2, -0.15) is 0 Å². The molecule has 0 amide bonds. The van der Waals surface area contributed by atoms with E-state index >= 15 is 0 Å². The highest BCUT2D eigenvalue weighted by molar-refractivity contribution is 5.85. The van der Waals surface area contributed by atoms with E-state index in [0.717, 1.165) is 19.3 Å². The van der Waals surface area contributed by atoms with E-state index in [1.165, 1.54) is 24.0 Å². The molecule has 98 valence electrons. The molecule has 0 spiro atoms. The number of hydrogen-bond acceptors (Lipinski definition) is 1. The molecule has 1 aromatic rings. The van der Waals surface area contributed by atoms with Crippen molar-refractivity contribution in [2.24, 2.45) is 0 Å². The third kappa shape index (κ3) is 3.01. The highest BCUT2D eigenvalue weighted by Gasteiger charge is 2.23. The first-order valence-electron chi connectivity index (χ1n) is 7.11. The smallest absolute Gasteiger partial charge is 0.140 e. The quantitative estimate of drug-likeness (QED) is 0.660. The molecule has 0 aromatic heterocycles. The van der Waals surface area contributed by atoms with Crippen LogP contribution in [0.1, 0.15) is 69.9 Å². The minimum atomic E-state index is 0.154. The minimum absolute atomic E-state index is 0.154. The molecule has 1 nitrogen and oxygen atoms in total. The van der Waals surface area contributed by atoms with E-state index in [-0.39, 0.29) is 11.3 Å². The Labute approximate surface area is 111 Å². The number of ketones is 1. The first-order valence-corrected chi connectivity index (χ1v) is 7.11. The average molecular weight is 244 g/mol. The lowest BCUT2D eigenvalue weighted by molar-refractivity contribution is -0.120. The van der Waals surface area contributed by atoms with Crippen LogP contribution in [-0.2, 0) is 10.2 Å². The van der Waals surface area contributed by atoms with E-state index in [2.05, 4.69) is 45.0 Å². The predicted octanol–water partition coefficient (Wildman–Crippen LogP) is 4.60. The second-order valence-corrected chi connectivity index (χ2v) is 6.49. The van der Waals surface area contributed by atoms with Crippen molar-refractivity contribution in [2.45, 2.75) is 64.2 Å². The summed E-state index contributed by atoms with van der Waals surface area (Å²) in [4.78, 5) is 12.1. The maximum atomic E-state index is 12.1. The van der Waals surface area contributed by atoms with Gasteiger partial charge < -0.3 is 0 Å². The minimum Gasteiger partial charge on any atom is -0.299 e. The van der Waals surface area contributed by atoms with Gasteiger partial charge in [-0.3, -0.25) is 4.79 Å². The molecule has 1 fully saturated rings. The third-order valence-corrected chi connectivity index (χ3v) is 3.98. The van der Waals surface area contributed by atoms with Gasteiger partial charge in [0, 0.05) is 12.3 Å². The normalized spacial score (nSPS) is 21.7. The van der Waals surface area contributed by atoms with E-state index in [1.807, 2.05) is 0 Å². The lowest BCUT2D eigenvalue weighted by atomic mass is 9.84. The predicted molar refractivity (Wildman–Crippen MR) is 76.0 cm³/mol. The summed E-state index contributed by atoms with van der Waals surface area (Å²) < 4.78 is 0. The van der Waals surface area contributed by atoms with Crippen molar-refractivity contribution in [1.82, 2.24) is 0 Å². The number of Topliss-reactive ketones (excluding diaryl/α,β-unsaturated/α-hetero) is 1. The van der Waals surface area contributed by atoms with Gasteiger partial charge in [0.2, 0.25) is 0 Å². The van der Waals surface area contributed by atoms with Gasteiger partial charge in [0.25, 0.3) is 0 Å². The van der Waals surface area contributed by atoms with Gasteiger partial charge in [0.05, 0.1) is 0 Å². The lowest BCUT2D eigenvalue weighted by Crippen LogP contribution is -2.13. The van der Waals surface area contributed by atoms with Crippen LogP contribution in [0.3, 0.4) is 0 Å². The zero-order valence-electron chi connectivity index (χ0n) is 11.8. The Morgan fingerprint density at radius 3 is 2.28 bits per heavy atom. The van der Waals surface area contributed by atoms with Gasteiger partial charge >= 0.3 is 0 Å². The van der Waals surface area contributed by atoms with Crippen molar-refractivity contribution in [3.63, 3.8) is 0 Å². The van der Waals surface area contributed by atoms with Gasteiger partial charge in [-0.15, -0.1) is 0 Å². The molecule has 1 aromatic carbocycles. The fraction of sp³-hybridized carbons (Fsp3) is 0.588. The first-order chi connectivity index (χ1) is 8.48. The van der Waals surface area contributed by atoms with E-state index in [1.54, 1.807) is 0 Å². The molecule has 1 unspecified atom stereocenters. The van der Waals surface area contributed by atoms with Crippen LogP contribution in [0.5, 0.6) is 0 Å². The summed E-state index contributed by atoms with van der Waals surface area (Å²) in [6, 6.07) is 8.70. The molecule has 1 saturated carbocycles. The molecule has 1 heteroatoms. The van der Waals surface area contributed by atoms with Crippen LogP contribution in [0.4, 0.5) is 0 Å². The monoisotopic (exact) mass is 244 g/mol. The van der Waals surface area contributed by atoms with Crippen molar-refractivity contribution in [3.05, 3.63) is 35.4 Å². The third-order valence-electron chi connectivity index (χ3n) is 3.98. The Morgan fingerprint density at radius 2 is 1.67 bits per heavy atom. The molecule has 1 atom stereocenters. The van der Waals surface area contributed by atoms with Gasteiger partial charge in [-0.25, -0.2) is 0 Å². The van der Waals surface area contributed by atoms with E-state index < -0.39 is 0 Å². The van der Waals surface area contributed by atoms with Crippen LogP contribution >= 0.6 is 0 Å². The molecule has 0 saturated heterocycles. The Bertz CT molecular complexity index is 408. The summed E-state index contributed by atoms with van der Waals surface area (Å²) in [6.45, 7) is 6.66. The van der Waals surface area contributed by atoms with Crippen LogP contribution in [-0.4, -0.2) is 5.78 Å². The van der Waals surface area contributed by atoms with Crippen molar-refractivity contribution < 1.29 is 4.79 Å². The summed E-state index contributed by atoms with van der Waals surface area (Å²) in [5, 5.41) is 0. The van der Waals surface area contributed by atoms with Gasteiger partial charge in [-0.05, 0) is 29.4 Å². The zero-order valence-corrected chi connectivity index (χ0v) is 11.8. The molecule has 1 aliphatic carbocycles. The zero-order chi connectivity index (χ0) is 13.2. The SMILES string of the molecule is CC(C)(C)c1ccc(C2CCCCCC2=O)cc1. The maximum Gasteiger partial charge on any atom is 0.140 e. The molecule has 18 heavy (non-hydrogen) atoms. The number of carbonyl (C=O) groups excluding carboxylic acids is 1. The number of benzene rings is 1. The number of hydrogen-bond donors (Lipinski definition) is 0. The summed E-state index contributed by atoms with van der Waals surface area (Å²) in [6.07, 6.45) is 5.29. The van der Waals surface area contributed by atoms with E-state index in [4.69, 9.17) is 0 Å². The fourth-order valence-corrected chi connectivity index (χ4v) is 2.73. The van der Waals surface area contributed by atoms with Crippen molar-refractivity contribution in [1.29, 1.82) is 0 Å². The average Bonchev–Trinajstić information content (AvgIpc) is 2.53. The van der Waals surface area contributed by atoms with Gasteiger partial charge in [-0.1, -0.05) is 57.9 Å². The topological polar surface area (TPSA) is 17.1 Å². The molecule has 2 rings (SSSR count). The molecular weight excluding hydrogens is 220 g/mol. The summed E-state index contributed by atoms with van der Waals surface area (Å²) in [5.74, 6) is 0.595. The fourth-order valence-electron chi connectivity index (χ4n) is 2.73. The molecule has 1 aliphatic rings. The van der Waals surface area contributed by atoms with Crippen LogP contribution in [0.15, 0.2) is 24.3 Å². The number of carbonyl (C=O) groups is 1. The van der Waals surface area contributed by atoms with Crippen LogP contribution in [0.2, 0.25) is 0 Å². The van der Waals surface area contributed by atoms with Crippen molar-refractivity contribution in [2.75, 3.05) is 0 Å². The number of rotatable bonds is 1. The van der Waals surface area contributed by atoms with Crippen molar-refractivity contribution >= 4 is 5.78 Å². The largest absolute Gasteiger partial charge is 0.299 e. The van der Waals surface area contributed by atoms with Crippen LogP contribution in [0.25, 0.3) is 0 Å². The van der Waals surface area contributed by atoms with Gasteiger partial charge in [0.1, 0.15) is 5.78 Å². The van der Waals surface area contributed by atoms with E-state index in [0.29, 0.717) is 5.78 Å². The lowest BCUT2D eigenvalue weighted by Gasteiger charge is -2.20. The van der Waals surface area contributed by atoms with Gasteiger partial charge in [0.15, 0.2) is 0 Å². The highest BCUT2D eigenvalue weighted by Crippen LogP contribution is 2.30. The standard InChI is InChI=1S/C17H24O/c1-17(2,3)14-11-9-13(10-12-14)15-7-5-4-6-8-16(15)18/h9-12,15H,4-8H2,1-3H3. The van der Waals surface area contributed by atoms with Crippen molar-refractivity contribution in [3.8, 4) is 0 Å². The van der Waals surface area contributed by atoms with Crippen LogP contribution < -0.4 is 0 Å². The Balaban J connectivity index is 2.20. The Morgan fingerprint density at radius 1 is 1.00 bits per heavy atom. The summed E-state index contributed by atoms with van der Waals surface area (Å²) in [5.41, 5.74) is 2.74. The maximum absolute atomic E-state index is 12.1. The molecular formula is C17H24O. The van der Waals surface area contributed by atoms with E-state index in [9.17, 15) is 4.79 Å². The molecule has 0 heterocycles. The molecule has 0 aliphatic heterocycles. The molecule has 0 bridgehead atoms. The Hall–Kier alpha value is -1.11. The highest BCUT2D eigenvalue weighted by atomic mass is 16.1. The first kappa shape index (κ1) is 13.3. The Kier molecular flexibility index (Phi) is 3.89. The summed E-state index contributed by atoms with van der Waals surface area (Å²) in [7, 11) is 0. The molecule has 0 N–H and O–H groups in total. The van der Waals surface area contributed by atoms with Crippen LogP contribution in [0, 0.1) is 0 Å². The second-order valence-electron chi connectivity index (χ2n) is 6.49.